The molecule has 6 heteroatoms. The molecule has 0 aromatic carbocycles. The van der Waals surface area contributed by atoms with Crippen molar-refractivity contribution in [2.45, 2.75) is 0 Å². The van der Waals surface area contributed by atoms with Crippen LogP contribution in [0.3, 0.4) is 0 Å². The molecule has 2 aromatic rings. The number of aromatic amines is 1. The average Bonchev–Trinajstić information content (AvgIpc) is 2.53. The molecule has 13 heavy (non-hydrogen) atoms. The minimum absolute atomic E-state index is 0.229. The van der Waals surface area contributed by atoms with Crippen molar-refractivity contribution in [3.8, 4) is 11.4 Å². The fraction of sp³-hybridized carbons (Fsp3) is 0.143. The van der Waals surface area contributed by atoms with Crippen molar-refractivity contribution in [2.24, 2.45) is 7.05 Å². The molecule has 2 aromatic heterocycles. The molecule has 66 valence electrons. The van der Waals surface area contributed by atoms with Crippen molar-refractivity contribution in [3.63, 3.8) is 0 Å². The Bertz CT molecular complexity index is 451. The Kier molecular flexibility index (Phi) is 1.66. The van der Waals surface area contributed by atoms with E-state index < -0.39 is 0 Å². The molecule has 6 nitrogen and oxygen atoms in total. The molecular weight excluding hydrogens is 170 g/mol. The smallest absolute Gasteiger partial charge is 0.266 e. The van der Waals surface area contributed by atoms with Crippen LogP contribution in [-0.2, 0) is 7.05 Å². The van der Waals surface area contributed by atoms with E-state index in [1.165, 1.54) is 17.2 Å². The van der Waals surface area contributed by atoms with E-state index >= 15 is 0 Å². The summed E-state index contributed by atoms with van der Waals surface area (Å²) >= 11 is 0. The molecule has 0 aliphatic rings. The van der Waals surface area contributed by atoms with Crippen LogP contribution in [-0.4, -0.2) is 25.0 Å². The SMILES string of the molecule is Cn1ncc(-c2c[nH]c(=O)cn2)n1. The number of hydrogen-bond acceptors (Lipinski definition) is 4. The Hall–Kier alpha value is -1.98. The monoisotopic (exact) mass is 177 g/mol. The second kappa shape index (κ2) is 2.81. The second-order valence-corrected chi connectivity index (χ2v) is 2.52. The average molecular weight is 177 g/mol. The summed E-state index contributed by atoms with van der Waals surface area (Å²) in [6.45, 7) is 0. The fourth-order valence-corrected chi connectivity index (χ4v) is 0.945. The minimum atomic E-state index is -0.229. The zero-order valence-corrected chi connectivity index (χ0v) is 6.93. The zero-order valence-electron chi connectivity index (χ0n) is 6.93. The fourth-order valence-electron chi connectivity index (χ4n) is 0.945. The molecule has 0 amide bonds. The molecule has 0 aliphatic heterocycles. The maximum absolute atomic E-state index is 10.7. The van der Waals surface area contributed by atoms with Crippen LogP contribution in [0.2, 0.25) is 0 Å². The van der Waals surface area contributed by atoms with E-state index in [4.69, 9.17) is 0 Å². The number of aromatic nitrogens is 5. The number of H-pyrrole nitrogens is 1. The number of nitrogens with zero attached hydrogens (tertiary/aromatic N) is 4. The Morgan fingerprint density at radius 3 is 2.77 bits per heavy atom. The third kappa shape index (κ3) is 1.46. The van der Waals surface area contributed by atoms with Gasteiger partial charge in [-0.3, -0.25) is 4.79 Å². The van der Waals surface area contributed by atoms with Crippen molar-refractivity contribution >= 4 is 0 Å². The standard InChI is InChI=1S/C7H7N5O/c1-12-10-3-6(11-12)5-2-9-7(13)4-8-5/h2-4H,1H3,(H,9,13). The highest BCUT2D eigenvalue weighted by Crippen LogP contribution is 2.07. The molecule has 2 rings (SSSR count). The van der Waals surface area contributed by atoms with Gasteiger partial charge in [-0.05, 0) is 0 Å². The van der Waals surface area contributed by atoms with Crippen molar-refractivity contribution < 1.29 is 0 Å². The molecule has 2 heterocycles. The predicted octanol–water partition coefficient (Wildman–Crippen LogP) is -0.435. The number of aryl methyl sites for hydroxylation is 1. The number of rotatable bonds is 1. The zero-order chi connectivity index (χ0) is 9.26. The van der Waals surface area contributed by atoms with Crippen LogP contribution in [0.25, 0.3) is 11.4 Å². The summed E-state index contributed by atoms with van der Waals surface area (Å²) in [4.78, 5) is 18.5. The van der Waals surface area contributed by atoms with E-state index in [0.717, 1.165) is 0 Å². The van der Waals surface area contributed by atoms with Crippen molar-refractivity contribution in [3.05, 3.63) is 28.9 Å². The van der Waals surface area contributed by atoms with E-state index in [2.05, 4.69) is 20.2 Å². The van der Waals surface area contributed by atoms with Gasteiger partial charge >= 0.3 is 0 Å². The van der Waals surface area contributed by atoms with Crippen LogP contribution in [0.5, 0.6) is 0 Å². The first-order valence-corrected chi connectivity index (χ1v) is 3.67. The Morgan fingerprint density at radius 2 is 2.23 bits per heavy atom. The van der Waals surface area contributed by atoms with E-state index in [9.17, 15) is 4.79 Å². The summed E-state index contributed by atoms with van der Waals surface area (Å²) < 4.78 is 0. The molecule has 1 N–H and O–H groups in total. The molecular formula is C7H7N5O. The molecule has 0 spiro atoms. The van der Waals surface area contributed by atoms with Crippen molar-refractivity contribution in [1.29, 1.82) is 0 Å². The maximum Gasteiger partial charge on any atom is 0.266 e. The summed E-state index contributed by atoms with van der Waals surface area (Å²) in [5, 5.41) is 7.92. The van der Waals surface area contributed by atoms with Gasteiger partial charge in [-0.2, -0.15) is 15.0 Å². The Morgan fingerprint density at radius 1 is 1.38 bits per heavy atom. The number of hydrogen-bond donors (Lipinski definition) is 1. The third-order valence-electron chi connectivity index (χ3n) is 1.53. The van der Waals surface area contributed by atoms with Crippen LogP contribution in [0.4, 0.5) is 0 Å². The van der Waals surface area contributed by atoms with Crippen molar-refractivity contribution in [1.82, 2.24) is 25.0 Å². The highest BCUT2D eigenvalue weighted by Gasteiger charge is 2.02. The van der Waals surface area contributed by atoms with Crippen molar-refractivity contribution in [2.75, 3.05) is 0 Å². The van der Waals surface area contributed by atoms with Crippen LogP contribution in [0.15, 0.2) is 23.4 Å². The van der Waals surface area contributed by atoms with Crippen LogP contribution >= 0.6 is 0 Å². The highest BCUT2D eigenvalue weighted by atomic mass is 16.1. The lowest BCUT2D eigenvalue weighted by Crippen LogP contribution is -2.04. The van der Waals surface area contributed by atoms with Gasteiger partial charge in [-0.15, -0.1) is 0 Å². The Balaban J connectivity index is 2.47. The van der Waals surface area contributed by atoms with Crippen LogP contribution in [0, 0.1) is 0 Å². The largest absolute Gasteiger partial charge is 0.326 e. The molecule has 0 fully saturated rings. The minimum Gasteiger partial charge on any atom is -0.326 e. The van der Waals surface area contributed by atoms with Gasteiger partial charge in [0.25, 0.3) is 5.56 Å². The van der Waals surface area contributed by atoms with Gasteiger partial charge in [0.1, 0.15) is 11.4 Å². The van der Waals surface area contributed by atoms with Gasteiger partial charge in [-0.1, -0.05) is 0 Å². The van der Waals surface area contributed by atoms with Crippen LogP contribution < -0.4 is 5.56 Å². The summed E-state index contributed by atoms with van der Waals surface area (Å²) in [6.07, 6.45) is 4.30. The summed E-state index contributed by atoms with van der Waals surface area (Å²) in [5.74, 6) is 0. The molecule has 0 bridgehead atoms. The first-order chi connectivity index (χ1) is 6.25. The highest BCUT2D eigenvalue weighted by molar-refractivity contribution is 5.49. The quantitative estimate of drug-likeness (QED) is 0.641. The molecule has 0 radical (unpaired) electrons. The maximum atomic E-state index is 10.7. The van der Waals surface area contributed by atoms with E-state index in [1.54, 1.807) is 13.2 Å². The lowest BCUT2D eigenvalue weighted by atomic mass is 10.3. The predicted molar refractivity (Wildman–Crippen MR) is 44.9 cm³/mol. The lowest BCUT2D eigenvalue weighted by molar-refractivity contribution is 0.655. The van der Waals surface area contributed by atoms with Gasteiger partial charge in [0.15, 0.2) is 0 Å². The van der Waals surface area contributed by atoms with Gasteiger partial charge < -0.3 is 4.98 Å². The van der Waals surface area contributed by atoms with Gasteiger partial charge in [0.2, 0.25) is 0 Å². The molecule has 0 aliphatic carbocycles. The topological polar surface area (TPSA) is 76.5 Å². The first-order valence-electron chi connectivity index (χ1n) is 3.67. The third-order valence-corrected chi connectivity index (χ3v) is 1.53. The van der Waals surface area contributed by atoms with E-state index in [-0.39, 0.29) is 5.56 Å². The molecule has 0 saturated carbocycles. The summed E-state index contributed by atoms with van der Waals surface area (Å²) in [6, 6.07) is 0. The van der Waals surface area contributed by atoms with Gasteiger partial charge in [0.05, 0.1) is 12.4 Å². The molecule has 0 unspecified atom stereocenters. The molecule has 0 saturated heterocycles. The van der Waals surface area contributed by atoms with Gasteiger partial charge in [0, 0.05) is 13.2 Å². The molecule has 0 atom stereocenters. The summed E-state index contributed by atoms with van der Waals surface area (Å²) in [7, 11) is 1.72. The number of nitrogens with one attached hydrogen (secondary N) is 1. The van der Waals surface area contributed by atoms with E-state index in [0.29, 0.717) is 11.4 Å². The van der Waals surface area contributed by atoms with Gasteiger partial charge in [-0.25, -0.2) is 4.98 Å². The second-order valence-electron chi connectivity index (χ2n) is 2.52. The lowest BCUT2D eigenvalue weighted by Gasteiger charge is -1.91. The first kappa shape index (κ1) is 7.66. The van der Waals surface area contributed by atoms with Crippen LogP contribution in [0.1, 0.15) is 0 Å². The normalized spacial score (nSPS) is 10.2. The van der Waals surface area contributed by atoms with E-state index in [1.807, 2.05) is 0 Å². The summed E-state index contributed by atoms with van der Waals surface area (Å²) in [5.41, 5.74) is 1.01. The Labute approximate surface area is 73.2 Å².